The molecule has 1 amide bonds. The molecule has 0 aliphatic carbocycles. The van der Waals surface area contributed by atoms with Gasteiger partial charge < -0.3 is 10.1 Å². The Balaban J connectivity index is 1.52. The molecule has 1 fully saturated rings. The zero-order valence-electron chi connectivity index (χ0n) is 13.8. The molecule has 132 valence electrons. The number of amides is 1. The van der Waals surface area contributed by atoms with Gasteiger partial charge in [-0.25, -0.2) is 0 Å². The summed E-state index contributed by atoms with van der Waals surface area (Å²) >= 11 is 12.2. The molecular formula is C19H20Cl2N2O2. The Morgan fingerprint density at radius 2 is 1.84 bits per heavy atom. The van der Waals surface area contributed by atoms with E-state index in [9.17, 15) is 4.79 Å². The van der Waals surface area contributed by atoms with Crippen molar-refractivity contribution in [1.82, 2.24) is 4.90 Å². The van der Waals surface area contributed by atoms with E-state index in [1.165, 1.54) is 5.56 Å². The SMILES string of the molecule is O=C(CCN1CCO[C@@H](c2ccccc2)C1)Nc1c(Cl)cccc1Cl. The van der Waals surface area contributed by atoms with Crippen LogP contribution in [0.2, 0.25) is 10.0 Å². The second-order valence-electron chi connectivity index (χ2n) is 5.97. The standard InChI is InChI=1S/C19H20Cl2N2O2/c20-15-7-4-8-16(21)19(15)22-18(24)9-10-23-11-12-25-17(13-23)14-5-2-1-3-6-14/h1-8,17H,9-13H2,(H,22,24)/t17-/m1/s1. The molecule has 1 saturated heterocycles. The van der Waals surface area contributed by atoms with Crippen molar-refractivity contribution in [2.24, 2.45) is 0 Å². The molecule has 2 aromatic carbocycles. The van der Waals surface area contributed by atoms with Crippen molar-refractivity contribution in [2.45, 2.75) is 12.5 Å². The first-order valence-electron chi connectivity index (χ1n) is 8.26. The second-order valence-corrected chi connectivity index (χ2v) is 6.78. The lowest BCUT2D eigenvalue weighted by atomic mass is 10.1. The fourth-order valence-electron chi connectivity index (χ4n) is 2.85. The third-order valence-electron chi connectivity index (χ3n) is 4.20. The van der Waals surface area contributed by atoms with E-state index in [0.29, 0.717) is 35.3 Å². The highest BCUT2D eigenvalue weighted by molar-refractivity contribution is 6.39. The highest BCUT2D eigenvalue weighted by Gasteiger charge is 2.22. The topological polar surface area (TPSA) is 41.6 Å². The number of anilines is 1. The van der Waals surface area contributed by atoms with Gasteiger partial charge in [-0.15, -0.1) is 0 Å². The van der Waals surface area contributed by atoms with Gasteiger partial charge in [0.15, 0.2) is 0 Å². The number of nitrogens with zero attached hydrogens (tertiary/aromatic N) is 1. The zero-order chi connectivity index (χ0) is 17.6. The van der Waals surface area contributed by atoms with Crippen molar-refractivity contribution >= 4 is 34.8 Å². The highest BCUT2D eigenvalue weighted by atomic mass is 35.5. The molecule has 25 heavy (non-hydrogen) atoms. The number of ether oxygens (including phenoxy) is 1. The lowest BCUT2D eigenvalue weighted by molar-refractivity contribution is -0.117. The van der Waals surface area contributed by atoms with E-state index in [2.05, 4.69) is 22.3 Å². The van der Waals surface area contributed by atoms with Crippen molar-refractivity contribution in [2.75, 3.05) is 31.6 Å². The third kappa shape index (κ3) is 4.95. The molecule has 1 aliphatic heterocycles. The van der Waals surface area contributed by atoms with E-state index < -0.39 is 0 Å². The first-order chi connectivity index (χ1) is 12.1. The third-order valence-corrected chi connectivity index (χ3v) is 4.83. The van der Waals surface area contributed by atoms with Crippen molar-refractivity contribution in [3.05, 3.63) is 64.1 Å². The Hall–Kier alpha value is -1.59. The normalized spacial score (nSPS) is 18.1. The van der Waals surface area contributed by atoms with Crippen LogP contribution < -0.4 is 5.32 Å². The first kappa shape index (κ1) is 18.2. The van der Waals surface area contributed by atoms with E-state index in [0.717, 1.165) is 13.1 Å². The van der Waals surface area contributed by atoms with Gasteiger partial charge in [0.2, 0.25) is 5.91 Å². The molecule has 1 atom stereocenters. The molecule has 0 unspecified atom stereocenters. The van der Waals surface area contributed by atoms with Crippen molar-refractivity contribution in [3.63, 3.8) is 0 Å². The van der Waals surface area contributed by atoms with Crippen LogP contribution in [-0.4, -0.2) is 37.0 Å². The number of carbonyl (C=O) groups is 1. The molecule has 4 nitrogen and oxygen atoms in total. The van der Waals surface area contributed by atoms with Crippen LogP contribution in [0, 0.1) is 0 Å². The summed E-state index contributed by atoms with van der Waals surface area (Å²) in [4.78, 5) is 14.5. The lowest BCUT2D eigenvalue weighted by Crippen LogP contribution is -2.39. The summed E-state index contributed by atoms with van der Waals surface area (Å²) in [5, 5.41) is 3.68. The number of hydrogen-bond donors (Lipinski definition) is 1. The largest absolute Gasteiger partial charge is 0.371 e. The highest BCUT2D eigenvalue weighted by Crippen LogP contribution is 2.30. The van der Waals surface area contributed by atoms with E-state index in [1.54, 1.807) is 18.2 Å². The van der Waals surface area contributed by atoms with Crippen LogP contribution in [0.5, 0.6) is 0 Å². The molecule has 0 bridgehead atoms. The number of hydrogen-bond acceptors (Lipinski definition) is 3. The summed E-state index contributed by atoms with van der Waals surface area (Å²) in [5.74, 6) is -0.0993. The van der Waals surface area contributed by atoms with Crippen molar-refractivity contribution in [1.29, 1.82) is 0 Å². The van der Waals surface area contributed by atoms with Gasteiger partial charge in [-0.2, -0.15) is 0 Å². The van der Waals surface area contributed by atoms with E-state index >= 15 is 0 Å². The van der Waals surface area contributed by atoms with Crippen molar-refractivity contribution in [3.8, 4) is 0 Å². The minimum Gasteiger partial charge on any atom is -0.371 e. The number of rotatable bonds is 5. The van der Waals surface area contributed by atoms with Gasteiger partial charge in [0.05, 0.1) is 28.4 Å². The minimum atomic E-state index is -0.0993. The molecule has 6 heteroatoms. The van der Waals surface area contributed by atoms with Gasteiger partial charge in [-0.3, -0.25) is 9.69 Å². The maximum absolute atomic E-state index is 12.2. The van der Waals surface area contributed by atoms with Gasteiger partial charge in [-0.1, -0.05) is 59.6 Å². The minimum absolute atomic E-state index is 0.0519. The van der Waals surface area contributed by atoms with Crippen LogP contribution in [0.25, 0.3) is 0 Å². The Morgan fingerprint density at radius 3 is 2.56 bits per heavy atom. The number of halogens is 2. The zero-order valence-corrected chi connectivity index (χ0v) is 15.3. The summed E-state index contributed by atoms with van der Waals surface area (Å²) in [6.45, 7) is 2.94. The maximum atomic E-state index is 12.2. The predicted molar refractivity (Wildman–Crippen MR) is 101 cm³/mol. The fourth-order valence-corrected chi connectivity index (χ4v) is 3.35. The number of carbonyl (C=O) groups excluding carboxylic acids is 1. The molecule has 1 aliphatic rings. The van der Waals surface area contributed by atoms with Gasteiger partial charge in [0.1, 0.15) is 0 Å². The Morgan fingerprint density at radius 1 is 1.12 bits per heavy atom. The maximum Gasteiger partial charge on any atom is 0.225 e. The number of nitrogens with one attached hydrogen (secondary N) is 1. The number of morpholine rings is 1. The Labute approximate surface area is 157 Å². The van der Waals surface area contributed by atoms with E-state index in [-0.39, 0.29) is 12.0 Å². The molecule has 0 saturated carbocycles. The molecular weight excluding hydrogens is 359 g/mol. The summed E-state index contributed by atoms with van der Waals surface area (Å²) < 4.78 is 5.85. The Bertz CT molecular complexity index is 704. The predicted octanol–water partition coefficient (Wildman–Crippen LogP) is 4.40. The van der Waals surface area contributed by atoms with Crippen LogP contribution >= 0.6 is 23.2 Å². The quantitative estimate of drug-likeness (QED) is 0.838. The van der Waals surface area contributed by atoms with Crippen molar-refractivity contribution < 1.29 is 9.53 Å². The lowest BCUT2D eigenvalue weighted by Gasteiger charge is -2.33. The average Bonchev–Trinajstić information content (AvgIpc) is 2.64. The summed E-state index contributed by atoms with van der Waals surface area (Å²) in [6, 6.07) is 15.3. The van der Waals surface area contributed by atoms with Crippen LogP contribution in [0.15, 0.2) is 48.5 Å². The fraction of sp³-hybridized carbons (Fsp3) is 0.316. The van der Waals surface area contributed by atoms with E-state index in [4.69, 9.17) is 27.9 Å². The van der Waals surface area contributed by atoms with Gasteiger partial charge in [0.25, 0.3) is 0 Å². The van der Waals surface area contributed by atoms with Gasteiger partial charge >= 0.3 is 0 Å². The van der Waals surface area contributed by atoms with Crippen LogP contribution in [-0.2, 0) is 9.53 Å². The molecule has 3 rings (SSSR count). The molecule has 1 N–H and O–H groups in total. The van der Waals surface area contributed by atoms with Crippen LogP contribution in [0.3, 0.4) is 0 Å². The molecule has 0 radical (unpaired) electrons. The molecule has 0 aromatic heterocycles. The van der Waals surface area contributed by atoms with Crippen LogP contribution in [0.4, 0.5) is 5.69 Å². The summed E-state index contributed by atoms with van der Waals surface area (Å²) in [7, 11) is 0. The monoisotopic (exact) mass is 378 g/mol. The summed E-state index contributed by atoms with van der Waals surface area (Å²) in [5.41, 5.74) is 1.64. The van der Waals surface area contributed by atoms with Gasteiger partial charge in [-0.05, 0) is 17.7 Å². The molecule has 2 aromatic rings. The average molecular weight is 379 g/mol. The molecule has 0 spiro atoms. The smallest absolute Gasteiger partial charge is 0.225 e. The number of benzene rings is 2. The van der Waals surface area contributed by atoms with Gasteiger partial charge in [0, 0.05) is 26.1 Å². The summed E-state index contributed by atoms with van der Waals surface area (Å²) in [6.07, 6.45) is 0.430. The first-order valence-corrected chi connectivity index (χ1v) is 9.02. The molecule has 1 heterocycles. The second kappa shape index (κ2) is 8.68. The Kier molecular flexibility index (Phi) is 6.32. The number of para-hydroxylation sites is 1. The van der Waals surface area contributed by atoms with E-state index in [1.807, 2.05) is 18.2 Å². The van der Waals surface area contributed by atoms with Crippen LogP contribution in [0.1, 0.15) is 18.1 Å².